The number of carbonyl (C=O) groups is 2. The Morgan fingerprint density at radius 2 is 1.95 bits per heavy atom. The number of amides is 1. The number of nitrogens with one attached hydrogen (secondary N) is 1. The Bertz CT molecular complexity index is 562. The topological polar surface area (TPSA) is 89.8 Å². The first-order valence-corrected chi connectivity index (χ1v) is 5.75. The first kappa shape index (κ1) is 12.9. The lowest BCUT2D eigenvalue weighted by atomic mass is 10.2. The number of hydrogen-bond acceptors (Lipinski definition) is 5. The van der Waals surface area contributed by atoms with E-state index in [1.165, 1.54) is 19.6 Å². The number of pyridine rings is 1. The van der Waals surface area contributed by atoms with Crippen LogP contribution >= 0.6 is 0 Å². The number of aromatic nitrogens is 4. The Kier molecular flexibility index (Phi) is 3.97. The van der Waals surface area contributed by atoms with E-state index in [1.807, 2.05) is 0 Å². The summed E-state index contributed by atoms with van der Waals surface area (Å²) in [7, 11) is 0. The molecule has 0 saturated heterocycles. The Morgan fingerprint density at radius 3 is 2.53 bits per heavy atom. The molecule has 0 atom stereocenters. The second-order valence-electron chi connectivity index (χ2n) is 4.02. The molecule has 0 radical (unpaired) electrons. The maximum atomic E-state index is 11.5. The summed E-state index contributed by atoms with van der Waals surface area (Å²) in [4.78, 5) is 26.5. The second kappa shape index (κ2) is 5.85. The van der Waals surface area contributed by atoms with Crippen LogP contribution in [0.2, 0.25) is 0 Å². The van der Waals surface area contributed by atoms with Crippen LogP contribution in [0.25, 0.3) is 5.82 Å². The van der Waals surface area contributed by atoms with Gasteiger partial charge in [-0.05, 0) is 19.1 Å². The van der Waals surface area contributed by atoms with Gasteiger partial charge >= 0.3 is 0 Å². The fourth-order valence-electron chi connectivity index (χ4n) is 1.44. The normalized spacial score (nSPS) is 10.2. The highest BCUT2D eigenvalue weighted by atomic mass is 16.2. The molecule has 0 aliphatic heterocycles. The summed E-state index contributed by atoms with van der Waals surface area (Å²) in [5, 5.41) is 10.0. The zero-order chi connectivity index (χ0) is 13.7. The molecule has 0 fully saturated rings. The van der Waals surface area contributed by atoms with Gasteiger partial charge in [0.2, 0.25) is 5.91 Å². The molecule has 1 N–H and O–H groups in total. The van der Waals surface area contributed by atoms with E-state index >= 15 is 0 Å². The van der Waals surface area contributed by atoms with Crippen molar-refractivity contribution in [1.82, 2.24) is 19.7 Å². The molecule has 2 rings (SSSR count). The van der Waals surface area contributed by atoms with Gasteiger partial charge in [-0.25, -0.2) is 4.98 Å². The van der Waals surface area contributed by atoms with Crippen molar-refractivity contribution in [3.05, 3.63) is 31.0 Å². The minimum atomic E-state index is -0.200. The molecule has 0 aliphatic carbocycles. The molecule has 2 aromatic rings. The van der Waals surface area contributed by atoms with E-state index in [9.17, 15) is 9.59 Å². The summed E-state index contributed by atoms with van der Waals surface area (Å²) >= 11 is 0. The Hall–Kier alpha value is -2.57. The molecule has 0 bridgehead atoms. The Balaban J connectivity index is 1.95. The standard InChI is InChI=1S/C12H13N5O2/c1-9(18)2-5-12(19)16-10-3-4-11(13-6-10)17-7-14-15-8-17/h3-4,6-8H,2,5H2,1H3,(H,16,19). The van der Waals surface area contributed by atoms with Crippen LogP contribution in [0.3, 0.4) is 0 Å². The zero-order valence-corrected chi connectivity index (χ0v) is 10.4. The summed E-state index contributed by atoms with van der Waals surface area (Å²) in [6, 6.07) is 3.47. The third-order valence-electron chi connectivity index (χ3n) is 2.42. The second-order valence-corrected chi connectivity index (χ2v) is 4.02. The molecule has 1 amide bonds. The van der Waals surface area contributed by atoms with Crippen molar-refractivity contribution in [3.63, 3.8) is 0 Å². The van der Waals surface area contributed by atoms with Crippen molar-refractivity contribution < 1.29 is 9.59 Å². The predicted octanol–water partition coefficient (Wildman–Crippen LogP) is 0.970. The number of Topliss-reactive ketones (excluding diaryl/α,β-unsaturated/α-hetero) is 1. The number of ketones is 1. The van der Waals surface area contributed by atoms with E-state index in [1.54, 1.807) is 22.9 Å². The number of carbonyl (C=O) groups excluding carboxylic acids is 2. The average molecular weight is 259 g/mol. The van der Waals surface area contributed by atoms with Crippen molar-refractivity contribution in [2.75, 3.05) is 5.32 Å². The third-order valence-corrected chi connectivity index (χ3v) is 2.42. The van der Waals surface area contributed by atoms with Gasteiger partial charge in [0.15, 0.2) is 0 Å². The molecule has 98 valence electrons. The first-order valence-electron chi connectivity index (χ1n) is 5.75. The van der Waals surface area contributed by atoms with Crippen LogP contribution in [-0.4, -0.2) is 31.4 Å². The molecule has 2 heterocycles. The highest BCUT2D eigenvalue weighted by Gasteiger charge is 2.05. The molecule has 0 aromatic carbocycles. The summed E-state index contributed by atoms with van der Waals surface area (Å²) in [5.41, 5.74) is 0.588. The largest absolute Gasteiger partial charge is 0.325 e. The Morgan fingerprint density at radius 1 is 1.21 bits per heavy atom. The zero-order valence-electron chi connectivity index (χ0n) is 10.4. The fraction of sp³-hybridized carbons (Fsp3) is 0.250. The van der Waals surface area contributed by atoms with Crippen molar-refractivity contribution in [3.8, 4) is 5.82 Å². The SMILES string of the molecule is CC(=O)CCC(=O)Nc1ccc(-n2cnnc2)nc1. The smallest absolute Gasteiger partial charge is 0.224 e. The first-order chi connectivity index (χ1) is 9.15. The lowest BCUT2D eigenvalue weighted by molar-refractivity contribution is -0.121. The molecule has 0 saturated carbocycles. The van der Waals surface area contributed by atoms with Crippen LogP contribution in [0, 0.1) is 0 Å². The van der Waals surface area contributed by atoms with Gasteiger partial charge in [0, 0.05) is 12.8 Å². The lowest BCUT2D eigenvalue weighted by Crippen LogP contribution is -2.12. The van der Waals surface area contributed by atoms with Gasteiger partial charge in [-0.1, -0.05) is 0 Å². The van der Waals surface area contributed by atoms with Gasteiger partial charge < -0.3 is 10.1 Å². The van der Waals surface area contributed by atoms with Crippen molar-refractivity contribution in [2.24, 2.45) is 0 Å². The van der Waals surface area contributed by atoms with Gasteiger partial charge in [0.05, 0.1) is 11.9 Å². The number of nitrogens with zero attached hydrogens (tertiary/aromatic N) is 4. The van der Waals surface area contributed by atoms with E-state index < -0.39 is 0 Å². The van der Waals surface area contributed by atoms with Gasteiger partial charge in [0.1, 0.15) is 24.3 Å². The molecule has 19 heavy (non-hydrogen) atoms. The third kappa shape index (κ3) is 3.70. The van der Waals surface area contributed by atoms with Crippen molar-refractivity contribution in [2.45, 2.75) is 19.8 Å². The van der Waals surface area contributed by atoms with Crippen LogP contribution in [0.5, 0.6) is 0 Å². The summed E-state index contributed by atoms with van der Waals surface area (Å²) < 4.78 is 1.65. The van der Waals surface area contributed by atoms with E-state index in [-0.39, 0.29) is 24.5 Å². The number of hydrogen-bond donors (Lipinski definition) is 1. The number of rotatable bonds is 5. The molecular weight excluding hydrogens is 246 g/mol. The van der Waals surface area contributed by atoms with Crippen LogP contribution in [-0.2, 0) is 9.59 Å². The highest BCUT2D eigenvalue weighted by molar-refractivity contribution is 5.93. The molecule has 2 aromatic heterocycles. The molecule has 0 unspecified atom stereocenters. The van der Waals surface area contributed by atoms with Crippen molar-refractivity contribution >= 4 is 17.4 Å². The average Bonchev–Trinajstić information content (AvgIpc) is 2.91. The predicted molar refractivity (Wildman–Crippen MR) is 67.7 cm³/mol. The van der Waals surface area contributed by atoms with E-state index in [4.69, 9.17) is 0 Å². The molecule has 0 aliphatic rings. The summed E-state index contributed by atoms with van der Waals surface area (Å²) in [5.74, 6) is 0.456. The maximum absolute atomic E-state index is 11.5. The van der Waals surface area contributed by atoms with Crippen LogP contribution in [0.4, 0.5) is 5.69 Å². The van der Waals surface area contributed by atoms with E-state index in [0.717, 1.165) is 0 Å². The monoisotopic (exact) mass is 259 g/mol. The quantitative estimate of drug-likeness (QED) is 0.864. The van der Waals surface area contributed by atoms with Gasteiger partial charge in [0.25, 0.3) is 0 Å². The Labute approximate surface area is 109 Å². The minimum absolute atomic E-state index is 0.00349. The number of anilines is 1. The van der Waals surface area contributed by atoms with Gasteiger partial charge in [-0.3, -0.25) is 9.36 Å². The molecule has 7 heteroatoms. The summed E-state index contributed by atoms with van der Waals surface area (Å²) in [6.45, 7) is 1.46. The van der Waals surface area contributed by atoms with E-state index in [0.29, 0.717) is 11.5 Å². The molecule has 7 nitrogen and oxygen atoms in total. The fourth-order valence-corrected chi connectivity index (χ4v) is 1.44. The van der Waals surface area contributed by atoms with Gasteiger partial charge in [-0.2, -0.15) is 0 Å². The van der Waals surface area contributed by atoms with Crippen LogP contribution in [0.1, 0.15) is 19.8 Å². The van der Waals surface area contributed by atoms with Crippen molar-refractivity contribution in [1.29, 1.82) is 0 Å². The van der Waals surface area contributed by atoms with Crippen LogP contribution < -0.4 is 5.32 Å². The summed E-state index contributed by atoms with van der Waals surface area (Å²) in [6.07, 6.45) is 5.04. The highest BCUT2D eigenvalue weighted by Crippen LogP contribution is 2.09. The van der Waals surface area contributed by atoms with Gasteiger partial charge in [-0.15, -0.1) is 10.2 Å². The molecular formula is C12H13N5O2. The van der Waals surface area contributed by atoms with E-state index in [2.05, 4.69) is 20.5 Å². The maximum Gasteiger partial charge on any atom is 0.224 e. The lowest BCUT2D eigenvalue weighted by Gasteiger charge is -2.05. The van der Waals surface area contributed by atoms with Crippen LogP contribution in [0.15, 0.2) is 31.0 Å². The molecule has 0 spiro atoms. The minimum Gasteiger partial charge on any atom is -0.325 e.